The molecule has 4 aromatic heterocycles. The number of hydrogen-bond acceptors (Lipinski definition) is 6. The maximum absolute atomic E-state index is 12.8. The molecule has 0 spiro atoms. The molecule has 0 aliphatic carbocycles. The summed E-state index contributed by atoms with van der Waals surface area (Å²) in [7, 11) is 0. The topological polar surface area (TPSA) is 103 Å². The Morgan fingerprint density at radius 2 is 1.83 bits per heavy atom. The Morgan fingerprint density at radius 3 is 2.59 bits per heavy atom. The van der Waals surface area contributed by atoms with Crippen molar-refractivity contribution in [2.24, 2.45) is 0 Å². The van der Waals surface area contributed by atoms with Crippen molar-refractivity contribution in [3.63, 3.8) is 0 Å². The van der Waals surface area contributed by atoms with Gasteiger partial charge in [-0.05, 0) is 45.9 Å². The maximum Gasteiger partial charge on any atom is 0.275 e. The second-order valence-corrected chi connectivity index (χ2v) is 7.32. The molecule has 1 N–H and O–H groups in total. The number of pyridine rings is 2. The number of nitrogens with zero attached hydrogens (tertiary/aromatic N) is 7. The van der Waals surface area contributed by atoms with Crippen molar-refractivity contribution in [3.8, 4) is 11.5 Å². The second-order valence-electron chi connectivity index (χ2n) is 7.32. The number of rotatable bonds is 5. The third-order valence-electron chi connectivity index (χ3n) is 4.60. The van der Waals surface area contributed by atoms with E-state index < -0.39 is 0 Å². The summed E-state index contributed by atoms with van der Waals surface area (Å²) >= 11 is 0. The minimum atomic E-state index is -0.335. The molecule has 0 bridgehead atoms. The van der Waals surface area contributed by atoms with E-state index in [2.05, 4.69) is 44.3 Å². The van der Waals surface area contributed by atoms with Gasteiger partial charge in [0.1, 0.15) is 29.0 Å². The maximum atomic E-state index is 12.8. The number of anilines is 1. The molecule has 0 aromatic carbocycles. The van der Waals surface area contributed by atoms with Crippen LogP contribution in [0.25, 0.3) is 22.6 Å². The number of aromatic nitrogens is 7. The van der Waals surface area contributed by atoms with Crippen molar-refractivity contribution in [3.05, 3.63) is 48.8 Å². The van der Waals surface area contributed by atoms with Crippen molar-refractivity contribution < 1.29 is 4.79 Å². The first-order valence-electron chi connectivity index (χ1n) is 9.45. The van der Waals surface area contributed by atoms with Crippen LogP contribution in [0.2, 0.25) is 0 Å². The Bertz CT molecular complexity index is 1170. The van der Waals surface area contributed by atoms with Gasteiger partial charge in [0, 0.05) is 12.1 Å². The van der Waals surface area contributed by atoms with E-state index in [4.69, 9.17) is 0 Å². The van der Waals surface area contributed by atoms with E-state index in [1.807, 2.05) is 35.1 Å². The molecule has 9 heteroatoms. The van der Waals surface area contributed by atoms with E-state index in [0.29, 0.717) is 23.0 Å². The van der Waals surface area contributed by atoms with Crippen LogP contribution in [0.5, 0.6) is 0 Å². The van der Waals surface area contributed by atoms with Crippen molar-refractivity contribution in [2.45, 2.75) is 39.8 Å². The molecule has 1 amide bonds. The van der Waals surface area contributed by atoms with E-state index in [1.165, 1.54) is 0 Å². The SMILES string of the molecule is CC(C)n1cnnc1-c1cccc(NC(=O)c2cc3c(cn2)ncn3C(C)C)n1. The highest BCUT2D eigenvalue weighted by Gasteiger charge is 2.15. The molecule has 4 aromatic rings. The Labute approximate surface area is 167 Å². The fourth-order valence-electron chi connectivity index (χ4n) is 3.08. The third-order valence-corrected chi connectivity index (χ3v) is 4.60. The molecule has 148 valence electrons. The van der Waals surface area contributed by atoms with Gasteiger partial charge in [0.05, 0.1) is 18.0 Å². The third kappa shape index (κ3) is 3.58. The fourth-order valence-corrected chi connectivity index (χ4v) is 3.08. The molecule has 4 rings (SSSR count). The summed E-state index contributed by atoms with van der Waals surface area (Å²) in [6.45, 7) is 8.21. The molecule has 0 aliphatic rings. The summed E-state index contributed by atoms with van der Waals surface area (Å²) in [6, 6.07) is 7.56. The van der Waals surface area contributed by atoms with Crippen LogP contribution in [0.15, 0.2) is 43.1 Å². The first kappa shape index (κ1) is 18.7. The largest absolute Gasteiger partial charge is 0.328 e. The Hall–Kier alpha value is -3.62. The predicted molar refractivity (Wildman–Crippen MR) is 110 cm³/mol. The zero-order valence-electron chi connectivity index (χ0n) is 16.7. The van der Waals surface area contributed by atoms with Gasteiger partial charge < -0.3 is 14.5 Å². The molecule has 0 saturated carbocycles. The van der Waals surface area contributed by atoms with Gasteiger partial charge in [0.15, 0.2) is 5.82 Å². The predicted octanol–water partition coefficient (Wildman–Crippen LogP) is 3.50. The molecular formula is C20H22N8O. The minimum absolute atomic E-state index is 0.196. The van der Waals surface area contributed by atoms with Crippen molar-refractivity contribution >= 4 is 22.8 Å². The molecule has 29 heavy (non-hydrogen) atoms. The summed E-state index contributed by atoms with van der Waals surface area (Å²) in [5, 5.41) is 10.9. The summed E-state index contributed by atoms with van der Waals surface area (Å²) in [5.41, 5.74) is 2.56. The van der Waals surface area contributed by atoms with Gasteiger partial charge in [-0.15, -0.1) is 10.2 Å². The van der Waals surface area contributed by atoms with Crippen LogP contribution in [0.3, 0.4) is 0 Å². The number of nitrogens with one attached hydrogen (secondary N) is 1. The van der Waals surface area contributed by atoms with E-state index >= 15 is 0 Å². The number of fused-ring (bicyclic) bond motifs is 1. The first-order chi connectivity index (χ1) is 13.9. The number of carbonyl (C=O) groups excluding carboxylic acids is 1. The smallest absolute Gasteiger partial charge is 0.275 e. The highest BCUT2D eigenvalue weighted by molar-refractivity contribution is 6.03. The standard InChI is InChI=1S/C20H22N8O/c1-12(2)27-10-22-16-9-21-15(8-17(16)27)20(29)25-18-7-5-6-14(24-18)19-26-23-11-28(19)13(3)4/h5-13H,1-4H3,(H,24,25,29). The molecule has 0 fully saturated rings. The normalized spacial score (nSPS) is 11.5. The van der Waals surface area contributed by atoms with E-state index in [1.54, 1.807) is 31.0 Å². The average Bonchev–Trinajstić information content (AvgIpc) is 3.35. The van der Waals surface area contributed by atoms with E-state index in [-0.39, 0.29) is 18.0 Å². The van der Waals surface area contributed by atoms with E-state index in [0.717, 1.165) is 11.0 Å². The van der Waals surface area contributed by atoms with Crippen LogP contribution in [-0.2, 0) is 0 Å². The molecule has 4 heterocycles. The van der Waals surface area contributed by atoms with Gasteiger partial charge >= 0.3 is 0 Å². The Balaban J connectivity index is 1.61. The highest BCUT2D eigenvalue weighted by Crippen LogP contribution is 2.21. The lowest BCUT2D eigenvalue weighted by molar-refractivity contribution is 0.102. The van der Waals surface area contributed by atoms with Crippen molar-refractivity contribution in [2.75, 3.05) is 5.32 Å². The van der Waals surface area contributed by atoms with E-state index in [9.17, 15) is 4.79 Å². The summed E-state index contributed by atoms with van der Waals surface area (Å²) in [5.74, 6) is 0.736. The van der Waals surface area contributed by atoms with Crippen LogP contribution < -0.4 is 5.32 Å². The Morgan fingerprint density at radius 1 is 1.03 bits per heavy atom. The average molecular weight is 390 g/mol. The summed E-state index contributed by atoms with van der Waals surface area (Å²) in [6.07, 6.45) is 5.04. The van der Waals surface area contributed by atoms with Crippen LogP contribution >= 0.6 is 0 Å². The highest BCUT2D eigenvalue weighted by atomic mass is 16.1. The zero-order valence-corrected chi connectivity index (χ0v) is 16.7. The lowest BCUT2D eigenvalue weighted by Crippen LogP contribution is -2.15. The van der Waals surface area contributed by atoms with Crippen LogP contribution in [0.4, 0.5) is 5.82 Å². The Kier molecular flexibility index (Phi) is 4.79. The van der Waals surface area contributed by atoms with Crippen LogP contribution in [0.1, 0.15) is 50.3 Å². The van der Waals surface area contributed by atoms with Crippen molar-refractivity contribution in [1.82, 2.24) is 34.3 Å². The number of imidazole rings is 1. The molecule has 9 nitrogen and oxygen atoms in total. The van der Waals surface area contributed by atoms with Gasteiger partial charge in [-0.25, -0.2) is 15.0 Å². The summed E-state index contributed by atoms with van der Waals surface area (Å²) < 4.78 is 3.93. The van der Waals surface area contributed by atoms with Gasteiger partial charge in [-0.3, -0.25) is 4.79 Å². The van der Waals surface area contributed by atoms with Gasteiger partial charge in [-0.2, -0.15) is 0 Å². The van der Waals surface area contributed by atoms with Gasteiger partial charge in [0.25, 0.3) is 5.91 Å². The second kappa shape index (κ2) is 7.42. The zero-order chi connectivity index (χ0) is 20.5. The minimum Gasteiger partial charge on any atom is -0.328 e. The first-order valence-corrected chi connectivity index (χ1v) is 9.45. The molecule has 0 aliphatic heterocycles. The van der Waals surface area contributed by atoms with Gasteiger partial charge in [-0.1, -0.05) is 6.07 Å². The lowest BCUT2D eigenvalue weighted by atomic mass is 10.2. The molecule has 0 saturated heterocycles. The van der Waals surface area contributed by atoms with Crippen LogP contribution in [-0.4, -0.2) is 40.2 Å². The fraction of sp³-hybridized carbons (Fsp3) is 0.300. The molecule has 0 radical (unpaired) electrons. The number of amides is 1. The number of carbonyl (C=O) groups is 1. The monoisotopic (exact) mass is 390 g/mol. The lowest BCUT2D eigenvalue weighted by Gasteiger charge is -2.11. The van der Waals surface area contributed by atoms with Crippen LogP contribution in [0, 0.1) is 0 Å². The molecular weight excluding hydrogens is 368 g/mol. The summed E-state index contributed by atoms with van der Waals surface area (Å²) in [4.78, 5) is 25.8. The van der Waals surface area contributed by atoms with Crippen molar-refractivity contribution in [1.29, 1.82) is 0 Å². The molecule has 0 atom stereocenters. The quantitative estimate of drug-likeness (QED) is 0.559. The van der Waals surface area contributed by atoms with Gasteiger partial charge in [0.2, 0.25) is 0 Å². The number of hydrogen-bond donors (Lipinski definition) is 1. The molecule has 0 unspecified atom stereocenters.